The standard InChI is InChI=1S/C15H26N2O2S2/c1-3-16-10-9-14-7-8-15(20-14)21(18,19)17-13-6-4-5-12(2)11-13/h7-8,12-13,16-17H,3-6,9-11H2,1-2H3. The Morgan fingerprint density at radius 1 is 1.33 bits per heavy atom. The molecule has 1 aliphatic rings. The van der Waals surface area contributed by atoms with Crippen molar-refractivity contribution in [3.05, 3.63) is 17.0 Å². The van der Waals surface area contributed by atoms with Crippen LogP contribution in [-0.2, 0) is 16.4 Å². The Morgan fingerprint density at radius 2 is 2.14 bits per heavy atom. The lowest BCUT2D eigenvalue weighted by atomic mass is 9.88. The zero-order chi connectivity index (χ0) is 15.3. The summed E-state index contributed by atoms with van der Waals surface area (Å²) >= 11 is 1.39. The summed E-state index contributed by atoms with van der Waals surface area (Å²) in [4.78, 5) is 1.12. The Kier molecular flexibility index (Phi) is 6.22. The first-order valence-electron chi connectivity index (χ1n) is 7.83. The molecule has 6 heteroatoms. The van der Waals surface area contributed by atoms with Crippen LogP contribution in [0.3, 0.4) is 0 Å². The fourth-order valence-electron chi connectivity index (χ4n) is 2.84. The highest BCUT2D eigenvalue weighted by Crippen LogP contribution is 2.27. The van der Waals surface area contributed by atoms with E-state index in [1.165, 1.54) is 17.8 Å². The van der Waals surface area contributed by atoms with E-state index in [1.54, 1.807) is 6.07 Å². The van der Waals surface area contributed by atoms with Crippen molar-refractivity contribution in [2.75, 3.05) is 13.1 Å². The fourth-order valence-corrected chi connectivity index (χ4v) is 5.50. The molecule has 1 aliphatic carbocycles. The SMILES string of the molecule is CCNCCc1ccc(S(=O)(=O)NC2CCCC(C)C2)s1. The molecule has 2 N–H and O–H groups in total. The van der Waals surface area contributed by atoms with Crippen molar-refractivity contribution in [3.63, 3.8) is 0 Å². The number of likely N-dealkylation sites (N-methyl/N-ethyl adjacent to an activating group) is 1. The number of nitrogens with one attached hydrogen (secondary N) is 2. The predicted molar refractivity (Wildman–Crippen MR) is 88.3 cm³/mol. The van der Waals surface area contributed by atoms with E-state index < -0.39 is 10.0 Å². The number of rotatable bonds is 7. The van der Waals surface area contributed by atoms with Crippen LogP contribution in [0.4, 0.5) is 0 Å². The van der Waals surface area contributed by atoms with E-state index in [4.69, 9.17) is 0 Å². The topological polar surface area (TPSA) is 58.2 Å². The summed E-state index contributed by atoms with van der Waals surface area (Å²) in [7, 11) is -3.34. The summed E-state index contributed by atoms with van der Waals surface area (Å²) in [6, 6.07) is 3.77. The lowest BCUT2D eigenvalue weighted by Gasteiger charge is -2.26. The molecule has 1 aromatic heterocycles. The van der Waals surface area contributed by atoms with Crippen LogP contribution in [0.5, 0.6) is 0 Å². The average molecular weight is 331 g/mol. The molecule has 0 amide bonds. The number of sulfonamides is 1. The molecule has 2 unspecified atom stereocenters. The van der Waals surface area contributed by atoms with Crippen LogP contribution in [0.25, 0.3) is 0 Å². The largest absolute Gasteiger partial charge is 0.317 e. The molecule has 2 rings (SSSR count). The van der Waals surface area contributed by atoms with Gasteiger partial charge in [0.1, 0.15) is 4.21 Å². The second kappa shape index (κ2) is 7.72. The summed E-state index contributed by atoms with van der Waals surface area (Å²) in [6.07, 6.45) is 5.13. The van der Waals surface area contributed by atoms with Crippen LogP contribution >= 0.6 is 11.3 Å². The van der Waals surface area contributed by atoms with Gasteiger partial charge in [0.2, 0.25) is 10.0 Å². The molecule has 0 radical (unpaired) electrons. The minimum Gasteiger partial charge on any atom is -0.317 e. The molecule has 0 aliphatic heterocycles. The van der Waals surface area contributed by atoms with Gasteiger partial charge in [-0.3, -0.25) is 0 Å². The third-order valence-electron chi connectivity index (χ3n) is 3.96. The maximum absolute atomic E-state index is 12.4. The third-order valence-corrected chi connectivity index (χ3v) is 7.12. The Balaban J connectivity index is 1.95. The van der Waals surface area contributed by atoms with Gasteiger partial charge in [-0.05, 0) is 50.4 Å². The summed E-state index contributed by atoms with van der Waals surface area (Å²) < 4.78 is 28.2. The minimum absolute atomic E-state index is 0.103. The molecule has 0 spiro atoms. The molecule has 120 valence electrons. The van der Waals surface area contributed by atoms with Gasteiger partial charge in [0.25, 0.3) is 0 Å². The molecule has 4 nitrogen and oxygen atoms in total. The van der Waals surface area contributed by atoms with E-state index in [9.17, 15) is 8.42 Å². The maximum Gasteiger partial charge on any atom is 0.250 e. The molecule has 1 saturated carbocycles. The highest BCUT2D eigenvalue weighted by atomic mass is 32.2. The lowest BCUT2D eigenvalue weighted by Crippen LogP contribution is -2.37. The fraction of sp³-hybridized carbons (Fsp3) is 0.733. The van der Waals surface area contributed by atoms with Crippen LogP contribution in [0, 0.1) is 5.92 Å². The number of thiophene rings is 1. The molecular weight excluding hydrogens is 304 g/mol. The van der Waals surface area contributed by atoms with Gasteiger partial charge in [-0.2, -0.15) is 0 Å². The monoisotopic (exact) mass is 330 g/mol. The van der Waals surface area contributed by atoms with Crippen LogP contribution in [-0.4, -0.2) is 27.5 Å². The Labute approximate surface area is 132 Å². The van der Waals surface area contributed by atoms with E-state index in [-0.39, 0.29) is 6.04 Å². The average Bonchev–Trinajstić information content (AvgIpc) is 2.88. The van der Waals surface area contributed by atoms with Gasteiger partial charge in [-0.15, -0.1) is 11.3 Å². The van der Waals surface area contributed by atoms with Gasteiger partial charge in [0.05, 0.1) is 0 Å². The Hall–Kier alpha value is -0.430. The van der Waals surface area contributed by atoms with E-state index in [1.807, 2.05) is 6.07 Å². The first kappa shape index (κ1) is 16.9. The summed E-state index contributed by atoms with van der Waals surface area (Å²) in [6.45, 7) is 6.10. The molecule has 2 atom stereocenters. The number of hydrogen-bond donors (Lipinski definition) is 2. The van der Waals surface area contributed by atoms with Crippen molar-refractivity contribution in [2.45, 2.75) is 56.2 Å². The van der Waals surface area contributed by atoms with Crippen molar-refractivity contribution in [2.24, 2.45) is 5.92 Å². The smallest absolute Gasteiger partial charge is 0.250 e. The Morgan fingerprint density at radius 3 is 2.86 bits per heavy atom. The van der Waals surface area contributed by atoms with Gasteiger partial charge in [0.15, 0.2) is 0 Å². The normalized spacial score (nSPS) is 23.3. The highest BCUT2D eigenvalue weighted by Gasteiger charge is 2.25. The maximum atomic E-state index is 12.4. The first-order chi connectivity index (χ1) is 10.0. The van der Waals surface area contributed by atoms with Gasteiger partial charge >= 0.3 is 0 Å². The minimum atomic E-state index is -3.34. The van der Waals surface area contributed by atoms with Gasteiger partial charge in [-0.25, -0.2) is 13.1 Å². The van der Waals surface area contributed by atoms with Gasteiger partial charge in [-0.1, -0.05) is 26.7 Å². The van der Waals surface area contributed by atoms with E-state index >= 15 is 0 Å². The van der Waals surface area contributed by atoms with Crippen LogP contribution in [0.1, 0.15) is 44.4 Å². The van der Waals surface area contributed by atoms with Crippen LogP contribution in [0.15, 0.2) is 16.3 Å². The highest BCUT2D eigenvalue weighted by molar-refractivity contribution is 7.91. The molecule has 0 bridgehead atoms. The zero-order valence-electron chi connectivity index (χ0n) is 12.9. The molecule has 21 heavy (non-hydrogen) atoms. The molecule has 1 fully saturated rings. The summed E-state index contributed by atoms with van der Waals surface area (Å²) in [5.41, 5.74) is 0. The van der Waals surface area contributed by atoms with E-state index in [2.05, 4.69) is 23.9 Å². The molecule has 1 aromatic rings. The Bertz CT molecular complexity index is 540. The summed E-state index contributed by atoms with van der Waals surface area (Å²) in [5, 5.41) is 3.26. The van der Waals surface area contributed by atoms with Crippen molar-refractivity contribution < 1.29 is 8.42 Å². The van der Waals surface area contributed by atoms with E-state index in [0.717, 1.165) is 43.6 Å². The summed E-state index contributed by atoms with van der Waals surface area (Å²) in [5.74, 6) is 0.616. The van der Waals surface area contributed by atoms with E-state index in [0.29, 0.717) is 10.1 Å². The van der Waals surface area contributed by atoms with Crippen molar-refractivity contribution in [1.82, 2.24) is 10.0 Å². The van der Waals surface area contributed by atoms with Crippen molar-refractivity contribution >= 4 is 21.4 Å². The third kappa shape index (κ3) is 5.06. The van der Waals surface area contributed by atoms with Crippen LogP contribution < -0.4 is 10.0 Å². The number of hydrogen-bond acceptors (Lipinski definition) is 4. The van der Waals surface area contributed by atoms with Gasteiger partial charge in [0, 0.05) is 10.9 Å². The second-order valence-corrected chi connectivity index (χ2v) is 9.02. The zero-order valence-corrected chi connectivity index (χ0v) is 14.5. The predicted octanol–water partition coefficient (Wildman–Crippen LogP) is 2.76. The molecule has 0 saturated heterocycles. The van der Waals surface area contributed by atoms with Gasteiger partial charge < -0.3 is 5.32 Å². The van der Waals surface area contributed by atoms with Crippen LogP contribution in [0.2, 0.25) is 0 Å². The molecule has 1 heterocycles. The van der Waals surface area contributed by atoms with Crippen molar-refractivity contribution in [3.8, 4) is 0 Å². The second-order valence-electron chi connectivity index (χ2n) is 5.91. The first-order valence-corrected chi connectivity index (χ1v) is 10.1. The van der Waals surface area contributed by atoms with Crippen molar-refractivity contribution in [1.29, 1.82) is 0 Å². The quantitative estimate of drug-likeness (QED) is 0.756. The molecular formula is C15H26N2O2S2. The molecule has 0 aromatic carbocycles. The lowest BCUT2D eigenvalue weighted by molar-refractivity contribution is 0.327.